The van der Waals surface area contributed by atoms with Gasteiger partial charge in [-0.1, -0.05) is 12.2 Å². The normalized spacial score (nSPS) is 21.8. The fourth-order valence-corrected chi connectivity index (χ4v) is 2.35. The van der Waals surface area contributed by atoms with E-state index in [-0.39, 0.29) is 0 Å². The Kier molecular flexibility index (Phi) is 2.69. The Morgan fingerprint density at radius 2 is 2.47 bits per heavy atom. The number of likely N-dealkylation sites (N-methyl/N-ethyl adjacent to an activating group) is 1. The van der Waals surface area contributed by atoms with Crippen molar-refractivity contribution in [3.05, 3.63) is 36.2 Å². The summed E-state index contributed by atoms with van der Waals surface area (Å²) in [5.74, 6) is 0. The van der Waals surface area contributed by atoms with E-state index in [0.29, 0.717) is 6.04 Å². The molecule has 3 heteroatoms. The molecule has 88 valence electrons. The number of nitrogens with zero attached hydrogens (tertiary/aromatic N) is 2. The van der Waals surface area contributed by atoms with Crippen LogP contribution in [0.2, 0.25) is 0 Å². The second-order valence-corrected chi connectivity index (χ2v) is 4.62. The van der Waals surface area contributed by atoms with Crippen LogP contribution in [0.1, 0.15) is 18.4 Å². The van der Waals surface area contributed by atoms with Gasteiger partial charge in [0.05, 0.1) is 6.26 Å². The van der Waals surface area contributed by atoms with E-state index in [0.717, 1.165) is 16.7 Å². The van der Waals surface area contributed by atoms with E-state index in [1.807, 2.05) is 18.3 Å². The second kappa shape index (κ2) is 4.34. The molecule has 3 nitrogen and oxygen atoms in total. The van der Waals surface area contributed by atoms with Gasteiger partial charge in [0.15, 0.2) is 5.58 Å². The van der Waals surface area contributed by atoms with E-state index >= 15 is 0 Å². The Morgan fingerprint density at radius 1 is 1.53 bits per heavy atom. The summed E-state index contributed by atoms with van der Waals surface area (Å²) in [6.07, 6.45) is 10.5. The number of pyridine rings is 1. The average Bonchev–Trinajstić information content (AvgIpc) is 2.94. The van der Waals surface area contributed by atoms with Gasteiger partial charge < -0.3 is 4.42 Å². The highest BCUT2D eigenvalue weighted by atomic mass is 16.3. The summed E-state index contributed by atoms with van der Waals surface area (Å²) in [4.78, 5) is 6.73. The van der Waals surface area contributed by atoms with E-state index in [2.05, 4.69) is 29.1 Å². The van der Waals surface area contributed by atoms with E-state index in [9.17, 15) is 0 Å². The van der Waals surface area contributed by atoms with Crippen molar-refractivity contribution in [2.24, 2.45) is 0 Å². The van der Waals surface area contributed by atoms with E-state index in [4.69, 9.17) is 4.42 Å². The van der Waals surface area contributed by atoms with Crippen molar-refractivity contribution in [2.75, 3.05) is 13.6 Å². The number of furan rings is 1. The quantitative estimate of drug-likeness (QED) is 0.791. The Hall–Kier alpha value is -1.61. The molecule has 1 aliphatic rings. The van der Waals surface area contributed by atoms with Crippen molar-refractivity contribution in [3.8, 4) is 0 Å². The molecule has 1 unspecified atom stereocenters. The van der Waals surface area contributed by atoms with Gasteiger partial charge in [-0.2, -0.15) is 0 Å². The first kappa shape index (κ1) is 10.5. The number of hydrogen-bond acceptors (Lipinski definition) is 3. The fraction of sp³-hybridized carbons (Fsp3) is 0.357. The molecule has 1 atom stereocenters. The van der Waals surface area contributed by atoms with E-state index < -0.39 is 0 Å². The highest BCUT2D eigenvalue weighted by molar-refractivity contribution is 5.74. The maximum atomic E-state index is 5.34. The van der Waals surface area contributed by atoms with Crippen LogP contribution in [0.3, 0.4) is 0 Å². The second-order valence-electron chi connectivity index (χ2n) is 4.62. The van der Waals surface area contributed by atoms with Crippen LogP contribution in [-0.2, 0) is 0 Å². The van der Waals surface area contributed by atoms with Crippen molar-refractivity contribution in [2.45, 2.75) is 18.9 Å². The first-order valence-corrected chi connectivity index (χ1v) is 6.04. The van der Waals surface area contributed by atoms with Crippen LogP contribution >= 0.6 is 0 Å². The van der Waals surface area contributed by atoms with Crippen molar-refractivity contribution in [1.82, 2.24) is 9.88 Å². The third-order valence-electron chi connectivity index (χ3n) is 3.41. The minimum absolute atomic E-state index is 0.572. The summed E-state index contributed by atoms with van der Waals surface area (Å²) in [5, 5.41) is 0. The molecule has 2 aromatic heterocycles. The lowest BCUT2D eigenvalue weighted by Crippen LogP contribution is -2.22. The zero-order valence-electron chi connectivity index (χ0n) is 9.97. The summed E-state index contributed by atoms with van der Waals surface area (Å²) in [6.45, 7) is 1.20. The largest absolute Gasteiger partial charge is 0.463 e. The molecule has 3 heterocycles. The Bertz CT molecular complexity index is 544. The van der Waals surface area contributed by atoms with Crippen molar-refractivity contribution >= 4 is 17.2 Å². The number of hydrogen-bond donors (Lipinski definition) is 0. The van der Waals surface area contributed by atoms with Gasteiger partial charge in [0, 0.05) is 18.3 Å². The van der Waals surface area contributed by atoms with Gasteiger partial charge in [-0.3, -0.25) is 9.88 Å². The Balaban J connectivity index is 1.81. The standard InChI is InChI=1S/C14H16N2O/c1-16-7-2-3-12(16)5-4-11-9-14-13(15-10-11)6-8-17-14/h4-6,8-10,12H,2-3,7H2,1H3. The maximum absolute atomic E-state index is 5.34. The molecule has 1 aliphatic heterocycles. The number of likely N-dealkylation sites (tertiary alicyclic amines) is 1. The molecule has 0 saturated carbocycles. The van der Waals surface area contributed by atoms with Crippen molar-refractivity contribution < 1.29 is 4.42 Å². The third-order valence-corrected chi connectivity index (χ3v) is 3.41. The number of fused-ring (bicyclic) bond motifs is 1. The van der Waals surface area contributed by atoms with Crippen molar-refractivity contribution in [3.63, 3.8) is 0 Å². The smallest absolute Gasteiger partial charge is 0.152 e. The minimum Gasteiger partial charge on any atom is -0.463 e. The summed E-state index contributed by atoms with van der Waals surface area (Å²) in [6, 6.07) is 4.49. The molecule has 1 fully saturated rings. The summed E-state index contributed by atoms with van der Waals surface area (Å²) < 4.78 is 5.34. The molecular formula is C14H16N2O. The maximum Gasteiger partial charge on any atom is 0.152 e. The van der Waals surface area contributed by atoms with Crippen LogP contribution in [0.15, 0.2) is 35.1 Å². The minimum atomic E-state index is 0.572. The highest BCUT2D eigenvalue weighted by Gasteiger charge is 2.17. The molecule has 3 rings (SSSR count). The first-order chi connectivity index (χ1) is 8.33. The van der Waals surface area contributed by atoms with E-state index in [1.165, 1.54) is 19.4 Å². The summed E-state index contributed by atoms with van der Waals surface area (Å²) >= 11 is 0. The third kappa shape index (κ3) is 2.11. The fourth-order valence-electron chi connectivity index (χ4n) is 2.35. The molecule has 0 bridgehead atoms. The topological polar surface area (TPSA) is 29.3 Å². The monoisotopic (exact) mass is 228 g/mol. The van der Waals surface area contributed by atoms with Gasteiger partial charge in [-0.15, -0.1) is 0 Å². The summed E-state index contributed by atoms with van der Waals surface area (Å²) in [5.41, 5.74) is 2.87. The molecule has 0 radical (unpaired) electrons. The summed E-state index contributed by atoms with van der Waals surface area (Å²) in [7, 11) is 2.18. The van der Waals surface area contributed by atoms with Crippen LogP contribution in [-0.4, -0.2) is 29.5 Å². The van der Waals surface area contributed by atoms with Crippen LogP contribution in [0.5, 0.6) is 0 Å². The van der Waals surface area contributed by atoms with E-state index in [1.54, 1.807) is 6.26 Å². The molecule has 0 spiro atoms. The molecular weight excluding hydrogens is 212 g/mol. The number of rotatable bonds is 2. The van der Waals surface area contributed by atoms with Gasteiger partial charge in [-0.25, -0.2) is 0 Å². The van der Waals surface area contributed by atoms with Gasteiger partial charge in [0.1, 0.15) is 5.52 Å². The van der Waals surface area contributed by atoms with Crippen molar-refractivity contribution in [1.29, 1.82) is 0 Å². The van der Waals surface area contributed by atoms with Crippen LogP contribution < -0.4 is 0 Å². The molecule has 17 heavy (non-hydrogen) atoms. The number of aromatic nitrogens is 1. The lowest BCUT2D eigenvalue weighted by molar-refractivity contribution is 0.358. The SMILES string of the molecule is CN1CCCC1C=Cc1cnc2ccoc2c1. The molecule has 0 amide bonds. The zero-order valence-corrected chi connectivity index (χ0v) is 9.97. The molecule has 0 aromatic carbocycles. The van der Waals surface area contributed by atoms with Crippen LogP contribution in [0.4, 0.5) is 0 Å². The van der Waals surface area contributed by atoms with Gasteiger partial charge in [0.2, 0.25) is 0 Å². The van der Waals surface area contributed by atoms with Gasteiger partial charge in [0.25, 0.3) is 0 Å². The average molecular weight is 228 g/mol. The molecule has 2 aromatic rings. The van der Waals surface area contributed by atoms with Gasteiger partial charge in [-0.05, 0) is 38.1 Å². The first-order valence-electron chi connectivity index (χ1n) is 6.04. The predicted molar refractivity (Wildman–Crippen MR) is 68.7 cm³/mol. The molecule has 1 saturated heterocycles. The Morgan fingerprint density at radius 3 is 3.29 bits per heavy atom. The van der Waals surface area contributed by atoms with Crippen LogP contribution in [0.25, 0.3) is 17.2 Å². The van der Waals surface area contributed by atoms with Gasteiger partial charge >= 0.3 is 0 Å². The zero-order chi connectivity index (χ0) is 11.7. The molecule has 0 aliphatic carbocycles. The predicted octanol–water partition coefficient (Wildman–Crippen LogP) is 2.94. The van der Waals surface area contributed by atoms with Crippen LogP contribution in [0, 0.1) is 0 Å². The Labute approximate surface area is 101 Å². The highest BCUT2D eigenvalue weighted by Crippen LogP contribution is 2.18. The lowest BCUT2D eigenvalue weighted by Gasteiger charge is -2.14. The molecule has 0 N–H and O–H groups in total. The lowest BCUT2D eigenvalue weighted by atomic mass is 10.1.